The zero-order valence-corrected chi connectivity index (χ0v) is 20.5. The summed E-state index contributed by atoms with van der Waals surface area (Å²) in [5, 5.41) is 9.56. The molecule has 10 nitrogen and oxygen atoms in total. The maximum absolute atomic E-state index is 13.9. The summed E-state index contributed by atoms with van der Waals surface area (Å²) in [6, 6.07) is 9.46. The molecule has 35 heavy (non-hydrogen) atoms. The van der Waals surface area contributed by atoms with E-state index in [9.17, 15) is 19.1 Å². The fraction of sp³-hybridized carbons (Fsp3) is 0.391. The van der Waals surface area contributed by atoms with Crippen LogP contribution < -0.4 is 4.90 Å². The molecule has 0 unspecified atom stereocenters. The van der Waals surface area contributed by atoms with E-state index in [1.54, 1.807) is 29.4 Å². The summed E-state index contributed by atoms with van der Waals surface area (Å²) >= 11 is 6.18. The Kier molecular flexibility index (Phi) is 6.16. The van der Waals surface area contributed by atoms with Crippen molar-refractivity contribution in [1.29, 1.82) is 5.26 Å². The number of hydrogen-bond acceptors (Lipinski definition) is 5. The Bertz CT molecular complexity index is 1390. The Morgan fingerprint density at radius 2 is 2.00 bits per heavy atom. The number of benzene rings is 1. The third kappa shape index (κ3) is 4.14. The van der Waals surface area contributed by atoms with Crippen molar-refractivity contribution >= 4 is 42.0 Å². The number of fused-ring (bicyclic) bond motifs is 3. The van der Waals surface area contributed by atoms with Gasteiger partial charge in [0.05, 0.1) is 40.9 Å². The van der Waals surface area contributed by atoms with E-state index in [4.69, 9.17) is 21.8 Å². The molecule has 1 aromatic carbocycles. The van der Waals surface area contributed by atoms with Crippen molar-refractivity contribution in [2.45, 2.75) is 44.2 Å². The van der Waals surface area contributed by atoms with Crippen molar-refractivity contribution in [3.05, 3.63) is 53.1 Å². The highest BCUT2D eigenvalue weighted by molar-refractivity contribution is 7.49. The first-order chi connectivity index (χ1) is 16.7. The van der Waals surface area contributed by atoms with Crippen LogP contribution in [-0.2, 0) is 27.9 Å². The number of carbonyl (C=O) groups is 1. The number of piperidine rings is 1. The summed E-state index contributed by atoms with van der Waals surface area (Å²) in [6.45, 7) is 1.03. The number of aryl methyl sites for hydroxylation is 1. The van der Waals surface area contributed by atoms with E-state index in [2.05, 4.69) is 11.1 Å². The molecule has 0 aliphatic carbocycles. The minimum Gasteiger partial charge on any atom is -0.326 e. The van der Waals surface area contributed by atoms with E-state index in [1.807, 2.05) is 16.7 Å². The predicted molar refractivity (Wildman–Crippen MR) is 130 cm³/mol. The van der Waals surface area contributed by atoms with E-state index in [-0.39, 0.29) is 25.5 Å². The van der Waals surface area contributed by atoms with Gasteiger partial charge < -0.3 is 19.3 Å². The Labute approximate surface area is 207 Å². The SMILES string of the molecule is N#CCCCn1c(CN2C(=O)C3(CCN(P(=O)(O)O)CC3)c3ccncc32)nc2cc(Cl)ccc21. The van der Waals surface area contributed by atoms with Crippen LogP contribution in [0.3, 0.4) is 0 Å². The number of aromatic nitrogens is 3. The highest BCUT2D eigenvalue weighted by atomic mass is 35.5. The molecule has 0 radical (unpaired) electrons. The van der Waals surface area contributed by atoms with Crippen molar-refractivity contribution in [2.75, 3.05) is 18.0 Å². The number of halogens is 1. The van der Waals surface area contributed by atoms with Crippen molar-refractivity contribution in [3.8, 4) is 6.07 Å². The molecule has 2 N–H and O–H groups in total. The van der Waals surface area contributed by atoms with Gasteiger partial charge >= 0.3 is 7.75 Å². The van der Waals surface area contributed by atoms with Crippen LogP contribution in [-0.4, -0.2) is 48.0 Å². The molecule has 1 spiro atoms. The molecular weight excluding hydrogens is 491 g/mol. The van der Waals surface area contributed by atoms with Crippen LogP contribution in [0.1, 0.15) is 37.1 Å². The lowest BCUT2D eigenvalue weighted by Gasteiger charge is -2.38. The zero-order valence-electron chi connectivity index (χ0n) is 18.8. The van der Waals surface area contributed by atoms with Gasteiger partial charge in [0.15, 0.2) is 0 Å². The van der Waals surface area contributed by atoms with Gasteiger partial charge in [-0.1, -0.05) is 11.6 Å². The minimum absolute atomic E-state index is 0.112. The second-order valence-corrected chi connectivity index (χ2v) is 10.9. The van der Waals surface area contributed by atoms with Gasteiger partial charge in [-0.25, -0.2) is 14.2 Å². The first-order valence-corrected chi connectivity index (χ1v) is 13.3. The Hall–Kier alpha value is -2.80. The largest absolute Gasteiger partial charge is 0.402 e. The summed E-state index contributed by atoms with van der Waals surface area (Å²) in [4.78, 5) is 43.8. The van der Waals surface area contributed by atoms with Crippen molar-refractivity contribution < 1.29 is 19.1 Å². The van der Waals surface area contributed by atoms with Gasteiger partial charge in [0.2, 0.25) is 5.91 Å². The molecule has 3 aromatic rings. The maximum Gasteiger partial charge on any atom is 0.402 e. The molecule has 2 aromatic heterocycles. The number of anilines is 1. The highest BCUT2D eigenvalue weighted by Gasteiger charge is 2.53. The summed E-state index contributed by atoms with van der Waals surface area (Å²) < 4.78 is 14.9. The first kappa shape index (κ1) is 23.9. The molecule has 2 aliphatic rings. The number of nitriles is 1. The zero-order chi connectivity index (χ0) is 24.8. The molecule has 182 valence electrons. The number of amides is 1. The van der Waals surface area contributed by atoms with Gasteiger partial charge in [-0.05, 0) is 49.1 Å². The van der Waals surface area contributed by atoms with Crippen LogP contribution in [0, 0.1) is 11.3 Å². The lowest BCUT2D eigenvalue weighted by atomic mass is 9.74. The van der Waals surface area contributed by atoms with Gasteiger partial charge in [0.1, 0.15) is 5.82 Å². The molecule has 0 atom stereocenters. The number of carbonyl (C=O) groups excluding carboxylic acids is 1. The van der Waals surface area contributed by atoms with Gasteiger partial charge in [-0.3, -0.25) is 9.78 Å². The molecule has 1 fully saturated rings. The summed E-state index contributed by atoms with van der Waals surface area (Å²) in [5.41, 5.74) is 2.26. The van der Waals surface area contributed by atoms with Crippen LogP contribution in [0.15, 0.2) is 36.7 Å². The monoisotopic (exact) mass is 514 g/mol. The van der Waals surface area contributed by atoms with E-state index >= 15 is 0 Å². The van der Waals surface area contributed by atoms with Crippen LogP contribution in [0.2, 0.25) is 5.02 Å². The first-order valence-electron chi connectivity index (χ1n) is 11.3. The summed E-state index contributed by atoms with van der Waals surface area (Å²) in [5.74, 6) is 0.563. The molecule has 5 rings (SSSR count). The number of imidazole rings is 1. The van der Waals surface area contributed by atoms with E-state index in [1.165, 1.54) is 0 Å². The molecule has 0 saturated carbocycles. The fourth-order valence-electron chi connectivity index (χ4n) is 5.25. The number of pyridine rings is 1. The average Bonchev–Trinajstić information content (AvgIpc) is 3.27. The van der Waals surface area contributed by atoms with Gasteiger partial charge in [-0.2, -0.15) is 5.26 Å². The maximum atomic E-state index is 13.9. The third-order valence-corrected chi connectivity index (χ3v) is 8.35. The molecule has 4 heterocycles. The number of nitrogens with zero attached hydrogens (tertiary/aromatic N) is 6. The number of hydrogen-bond donors (Lipinski definition) is 2. The molecule has 1 saturated heterocycles. The van der Waals surface area contributed by atoms with Crippen LogP contribution in [0.4, 0.5) is 5.69 Å². The lowest BCUT2D eigenvalue weighted by Crippen LogP contribution is -2.47. The van der Waals surface area contributed by atoms with Crippen molar-refractivity contribution in [1.82, 2.24) is 19.2 Å². The second kappa shape index (κ2) is 9.01. The third-order valence-electron chi connectivity index (χ3n) is 6.98. The summed E-state index contributed by atoms with van der Waals surface area (Å²) in [7, 11) is -4.36. The smallest absolute Gasteiger partial charge is 0.326 e. The Morgan fingerprint density at radius 1 is 1.23 bits per heavy atom. The Balaban J connectivity index is 1.51. The molecule has 2 aliphatic heterocycles. The number of unbranched alkanes of at least 4 members (excludes halogenated alkanes) is 1. The molecule has 1 amide bonds. The lowest BCUT2D eigenvalue weighted by molar-refractivity contribution is -0.124. The molecular formula is C23H24ClN6O4P. The highest BCUT2D eigenvalue weighted by Crippen LogP contribution is 2.52. The standard InChI is InChI=1S/C23H24ClN6O4P/c24-16-3-4-19-18(13-16)27-21(29(19)10-2-1-8-25)15-30-20-14-26-9-5-17(20)23(22(30)31)6-11-28(12-7-23)35(32,33)34/h3-5,9,13-14H,1-2,6-7,10-12,15H2,(H2,32,33,34). The molecule has 12 heteroatoms. The molecule has 0 bridgehead atoms. The normalized spacial score (nSPS) is 17.8. The van der Waals surface area contributed by atoms with E-state index in [0.29, 0.717) is 54.3 Å². The predicted octanol–water partition coefficient (Wildman–Crippen LogP) is 3.36. The van der Waals surface area contributed by atoms with Crippen LogP contribution in [0.25, 0.3) is 11.0 Å². The van der Waals surface area contributed by atoms with Gasteiger partial charge in [-0.15, -0.1) is 0 Å². The van der Waals surface area contributed by atoms with Gasteiger partial charge in [0.25, 0.3) is 0 Å². The van der Waals surface area contributed by atoms with Gasteiger partial charge in [0, 0.05) is 37.3 Å². The van der Waals surface area contributed by atoms with Crippen molar-refractivity contribution in [2.24, 2.45) is 0 Å². The van der Waals surface area contributed by atoms with Crippen LogP contribution in [0.5, 0.6) is 0 Å². The second-order valence-electron chi connectivity index (χ2n) is 8.91. The van der Waals surface area contributed by atoms with Crippen LogP contribution >= 0.6 is 19.3 Å². The number of rotatable bonds is 6. The van der Waals surface area contributed by atoms with E-state index < -0.39 is 13.2 Å². The van der Waals surface area contributed by atoms with Crippen molar-refractivity contribution in [3.63, 3.8) is 0 Å². The Morgan fingerprint density at radius 3 is 2.71 bits per heavy atom. The minimum atomic E-state index is -4.36. The fourth-order valence-corrected chi connectivity index (χ4v) is 6.13. The van der Waals surface area contributed by atoms with E-state index in [0.717, 1.165) is 15.8 Å². The topological polar surface area (TPSA) is 136 Å². The quantitative estimate of drug-likeness (QED) is 0.377. The summed E-state index contributed by atoms with van der Waals surface area (Å²) in [6.07, 6.45) is 4.97. The average molecular weight is 515 g/mol.